The second kappa shape index (κ2) is 6.82. The first kappa shape index (κ1) is 17.2. The van der Waals surface area contributed by atoms with Crippen LogP contribution in [0.25, 0.3) is 0 Å². The number of likely N-dealkylation sites (N-methyl/N-ethyl adjacent to an activating group) is 1. The van der Waals surface area contributed by atoms with Gasteiger partial charge in [0, 0.05) is 25.6 Å². The molecule has 1 atom stereocenters. The summed E-state index contributed by atoms with van der Waals surface area (Å²) in [4.78, 5) is 5.04. The fourth-order valence-corrected chi connectivity index (χ4v) is 5.14. The van der Waals surface area contributed by atoms with Crippen molar-refractivity contribution in [3.8, 4) is 0 Å². The number of aromatic nitrogens is 2. The average Bonchev–Trinajstić information content (AvgIpc) is 3.30. The SMILES string of the molecule is CC(C)c1nnc(C2CN(C)CC23CCN(Cc2ccsc2)CC3)o1. The lowest BCUT2D eigenvalue weighted by molar-refractivity contribution is 0.0873. The Morgan fingerprint density at radius 3 is 2.76 bits per heavy atom. The van der Waals surface area contributed by atoms with Crippen LogP contribution >= 0.6 is 11.3 Å². The van der Waals surface area contributed by atoms with Gasteiger partial charge in [0.15, 0.2) is 0 Å². The molecule has 136 valence electrons. The minimum absolute atomic E-state index is 0.292. The van der Waals surface area contributed by atoms with Gasteiger partial charge in [-0.05, 0) is 60.8 Å². The van der Waals surface area contributed by atoms with E-state index in [1.165, 1.54) is 18.4 Å². The molecule has 2 aliphatic rings. The number of rotatable bonds is 4. The maximum Gasteiger partial charge on any atom is 0.221 e. The quantitative estimate of drug-likeness (QED) is 0.834. The number of hydrogen-bond donors (Lipinski definition) is 0. The van der Waals surface area contributed by atoms with Gasteiger partial charge in [-0.2, -0.15) is 11.3 Å². The third kappa shape index (κ3) is 3.39. The average molecular weight is 361 g/mol. The summed E-state index contributed by atoms with van der Waals surface area (Å²) >= 11 is 1.79. The van der Waals surface area contributed by atoms with Crippen LogP contribution in [0.3, 0.4) is 0 Å². The molecule has 6 heteroatoms. The molecule has 25 heavy (non-hydrogen) atoms. The molecule has 2 saturated heterocycles. The molecule has 1 unspecified atom stereocenters. The van der Waals surface area contributed by atoms with Crippen LogP contribution in [0, 0.1) is 5.41 Å². The van der Waals surface area contributed by atoms with E-state index in [0.29, 0.717) is 17.3 Å². The standard InChI is InChI=1S/C19H28N4OS/c1-14(2)17-20-21-18(24-17)16-11-22(3)13-19(16)5-7-23(8-6-19)10-15-4-9-25-12-15/h4,9,12,14,16H,5-8,10-11,13H2,1-3H3. The molecule has 2 aromatic rings. The zero-order chi connectivity index (χ0) is 17.4. The first-order chi connectivity index (χ1) is 12.1. The van der Waals surface area contributed by atoms with Crippen molar-refractivity contribution in [1.82, 2.24) is 20.0 Å². The van der Waals surface area contributed by atoms with Gasteiger partial charge in [-0.1, -0.05) is 13.8 Å². The highest BCUT2D eigenvalue weighted by Crippen LogP contribution is 2.49. The maximum atomic E-state index is 6.06. The molecule has 2 aromatic heterocycles. The van der Waals surface area contributed by atoms with Gasteiger partial charge in [0.2, 0.25) is 11.8 Å². The molecule has 0 aliphatic carbocycles. The van der Waals surface area contributed by atoms with E-state index in [-0.39, 0.29) is 0 Å². The molecule has 1 spiro atoms. The lowest BCUT2D eigenvalue weighted by Gasteiger charge is -2.41. The Morgan fingerprint density at radius 2 is 2.12 bits per heavy atom. The van der Waals surface area contributed by atoms with Gasteiger partial charge in [-0.3, -0.25) is 4.90 Å². The van der Waals surface area contributed by atoms with Crippen molar-refractivity contribution in [3.63, 3.8) is 0 Å². The van der Waals surface area contributed by atoms with Gasteiger partial charge in [-0.25, -0.2) is 0 Å². The van der Waals surface area contributed by atoms with Gasteiger partial charge in [0.05, 0.1) is 5.92 Å². The Hall–Kier alpha value is -1.24. The van der Waals surface area contributed by atoms with E-state index < -0.39 is 0 Å². The van der Waals surface area contributed by atoms with Crippen LogP contribution in [0.2, 0.25) is 0 Å². The fraction of sp³-hybridized carbons (Fsp3) is 0.684. The van der Waals surface area contributed by atoms with Crippen molar-refractivity contribution < 1.29 is 4.42 Å². The van der Waals surface area contributed by atoms with Gasteiger partial charge >= 0.3 is 0 Å². The van der Waals surface area contributed by atoms with Crippen LogP contribution in [0.15, 0.2) is 21.2 Å². The summed E-state index contributed by atoms with van der Waals surface area (Å²) in [5.41, 5.74) is 1.74. The molecule has 0 aromatic carbocycles. The van der Waals surface area contributed by atoms with Crippen LogP contribution in [-0.2, 0) is 6.54 Å². The largest absolute Gasteiger partial charge is 0.425 e. The molecule has 5 nitrogen and oxygen atoms in total. The molecule has 4 heterocycles. The Morgan fingerprint density at radius 1 is 1.32 bits per heavy atom. The fourth-order valence-electron chi connectivity index (χ4n) is 4.48. The van der Waals surface area contributed by atoms with E-state index in [4.69, 9.17) is 4.42 Å². The normalized spacial score (nSPS) is 24.6. The summed E-state index contributed by atoms with van der Waals surface area (Å²) in [6.07, 6.45) is 2.43. The molecule has 0 saturated carbocycles. The molecule has 0 amide bonds. The molecular weight excluding hydrogens is 332 g/mol. The topological polar surface area (TPSA) is 45.4 Å². The zero-order valence-electron chi connectivity index (χ0n) is 15.4. The molecule has 0 bridgehead atoms. The molecule has 2 aliphatic heterocycles. The number of nitrogens with zero attached hydrogens (tertiary/aromatic N) is 4. The van der Waals surface area contributed by atoms with Gasteiger partial charge in [-0.15, -0.1) is 10.2 Å². The van der Waals surface area contributed by atoms with Gasteiger partial charge in [0.1, 0.15) is 0 Å². The molecular formula is C19H28N4OS. The Labute approximate surface area is 154 Å². The Bertz CT molecular complexity index is 688. The van der Waals surface area contributed by atoms with Crippen molar-refractivity contribution in [1.29, 1.82) is 0 Å². The summed E-state index contributed by atoms with van der Waals surface area (Å²) in [6, 6.07) is 2.24. The molecule has 0 radical (unpaired) electrons. The molecule has 0 N–H and O–H groups in total. The second-order valence-electron chi connectivity index (χ2n) is 8.15. The summed E-state index contributed by atoms with van der Waals surface area (Å²) in [6.45, 7) is 9.79. The highest BCUT2D eigenvalue weighted by molar-refractivity contribution is 7.07. The first-order valence-corrected chi connectivity index (χ1v) is 10.3. The zero-order valence-corrected chi connectivity index (χ0v) is 16.3. The third-order valence-corrected chi connectivity index (χ3v) is 6.64. The van der Waals surface area contributed by atoms with E-state index in [0.717, 1.165) is 44.5 Å². The van der Waals surface area contributed by atoms with Crippen molar-refractivity contribution in [2.45, 2.75) is 45.1 Å². The predicted molar refractivity (Wildman–Crippen MR) is 99.9 cm³/mol. The number of piperidine rings is 1. The highest BCUT2D eigenvalue weighted by Gasteiger charge is 2.49. The van der Waals surface area contributed by atoms with E-state index in [9.17, 15) is 0 Å². The minimum atomic E-state index is 0.292. The van der Waals surface area contributed by atoms with Gasteiger partial charge in [0.25, 0.3) is 0 Å². The highest BCUT2D eigenvalue weighted by atomic mass is 32.1. The van der Waals surface area contributed by atoms with E-state index in [2.05, 4.69) is 57.7 Å². The van der Waals surface area contributed by atoms with Crippen molar-refractivity contribution in [2.75, 3.05) is 33.2 Å². The van der Waals surface area contributed by atoms with Crippen LogP contribution < -0.4 is 0 Å². The molecule has 2 fully saturated rings. The minimum Gasteiger partial charge on any atom is -0.425 e. The van der Waals surface area contributed by atoms with E-state index >= 15 is 0 Å². The van der Waals surface area contributed by atoms with Crippen molar-refractivity contribution >= 4 is 11.3 Å². The monoisotopic (exact) mass is 360 g/mol. The predicted octanol–water partition coefficient (Wildman–Crippen LogP) is 3.57. The Balaban J connectivity index is 1.47. The number of thiophene rings is 1. The van der Waals surface area contributed by atoms with Crippen LogP contribution in [0.4, 0.5) is 0 Å². The third-order valence-electron chi connectivity index (χ3n) is 5.90. The summed E-state index contributed by atoms with van der Waals surface area (Å²) in [7, 11) is 2.22. The van der Waals surface area contributed by atoms with Crippen LogP contribution in [0.1, 0.15) is 55.9 Å². The summed E-state index contributed by atoms with van der Waals surface area (Å²) in [5, 5.41) is 13.1. The molecule has 4 rings (SSSR count). The first-order valence-electron chi connectivity index (χ1n) is 9.31. The van der Waals surface area contributed by atoms with Crippen LogP contribution in [-0.4, -0.2) is 53.2 Å². The lowest BCUT2D eigenvalue weighted by Crippen LogP contribution is -2.43. The van der Waals surface area contributed by atoms with Crippen LogP contribution in [0.5, 0.6) is 0 Å². The second-order valence-corrected chi connectivity index (χ2v) is 8.93. The van der Waals surface area contributed by atoms with E-state index in [1.807, 2.05) is 0 Å². The van der Waals surface area contributed by atoms with Crippen molar-refractivity contribution in [3.05, 3.63) is 34.2 Å². The van der Waals surface area contributed by atoms with Gasteiger partial charge < -0.3 is 9.32 Å². The summed E-state index contributed by atoms with van der Waals surface area (Å²) < 4.78 is 6.06. The summed E-state index contributed by atoms with van der Waals surface area (Å²) in [5.74, 6) is 2.30. The van der Waals surface area contributed by atoms with E-state index in [1.54, 1.807) is 11.3 Å². The number of likely N-dealkylation sites (tertiary alicyclic amines) is 2. The number of hydrogen-bond acceptors (Lipinski definition) is 6. The lowest BCUT2D eigenvalue weighted by atomic mass is 9.70. The maximum absolute atomic E-state index is 6.06. The van der Waals surface area contributed by atoms with Crippen molar-refractivity contribution in [2.24, 2.45) is 5.41 Å². The smallest absolute Gasteiger partial charge is 0.221 e. The Kier molecular flexibility index (Phi) is 4.69.